The fourth-order valence-corrected chi connectivity index (χ4v) is 8.18. The Morgan fingerprint density at radius 3 is 1.59 bits per heavy atom. The number of carbonyl (C=O) groups is 8. The predicted molar refractivity (Wildman–Crippen MR) is 210 cm³/mol. The third kappa shape index (κ3) is 12.7. The van der Waals surface area contributed by atoms with E-state index in [2.05, 4.69) is 26.0 Å². The van der Waals surface area contributed by atoms with Crippen molar-refractivity contribution in [3.05, 3.63) is 71.8 Å². The van der Waals surface area contributed by atoms with E-state index in [1.165, 1.54) is 21.6 Å². The van der Waals surface area contributed by atoms with Crippen LogP contribution in [-0.2, 0) is 43.0 Å². The normalized spacial score (nSPS) is 24.6. The minimum atomic E-state index is -1.38. The summed E-state index contributed by atoms with van der Waals surface area (Å²) in [6, 6.07) is 14.4. The molecule has 6 rings (SSSR count). The minimum Gasteiger partial charge on any atom is -0.434 e. The summed E-state index contributed by atoms with van der Waals surface area (Å²) < 4.78 is 15.0. The first-order valence-corrected chi connectivity index (χ1v) is 20.9. The van der Waals surface area contributed by atoms with Gasteiger partial charge < -0.3 is 50.4 Å². The number of rotatable bonds is 12. The summed E-state index contributed by atoms with van der Waals surface area (Å²) in [7, 11) is 0. The lowest BCUT2D eigenvalue weighted by Gasteiger charge is -2.25. The van der Waals surface area contributed by atoms with Gasteiger partial charge in [-0.05, 0) is 31.2 Å². The maximum Gasteiger partial charge on any atom is 0.310 e. The van der Waals surface area contributed by atoms with Crippen LogP contribution in [0.1, 0.15) is 40.5 Å². The minimum absolute atomic E-state index is 0.0238. The highest BCUT2D eigenvalue weighted by Gasteiger charge is 2.38. The third-order valence-electron chi connectivity index (χ3n) is 9.12. The second-order valence-electron chi connectivity index (χ2n) is 13.4. The number of esters is 2. The Morgan fingerprint density at radius 1 is 0.690 bits per heavy atom. The van der Waals surface area contributed by atoms with E-state index in [0.717, 1.165) is 0 Å². The molecule has 4 heterocycles. The number of aliphatic hydroxyl groups is 1. The van der Waals surface area contributed by atoms with E-state index in [1.807, 2.05) is 6.07 Å². The van der Waals surface area contributed by atoms with Crippen LogP contribution < -0.4 is 21.3 Å². The van der Waals surface area contributed by atoms with Gasteiger partial charge in [-0.3, -0.25) is 38.4 Å². The zero-order valence-electron chi connectivity index (χ0n) is 31.7. The zero-order valence-corrected chi connectivity index (χ0v) is 33.3. The van der Waals surface area contributed by atoms with Gasteiger partial charge in [0.2, 0.25) is 36.2 Å². The number of hydrogen-bond acceptors (Lipinski definition) is 14. The van der Waals surface area contributed by atoms with E-state index in [0.29, 0.717) is 53.8 Å². The van der Waals surface area contributed by atoms with Gasteiger partial charge in [0.15, 0.2) is 0 Å². The summed E-state index contributed by atoms with van der Waals surface area (Å²) in [6.07, 6.45) is -2.30. The lowest BCUT2D eigenvalue weighted by Crippen LogP contribution is -2.52. The fourth-order valence-electron chi connectivity index (χ4n) is 6.23. The Balaban J connectivity index is 0.000000221. The molecule has 4 saturated heterocycles. The number of nitrogens with one attached hydrogen (secondary N) is 4. The van der Waals surface area contributed by atoms with Crippen molar-refractivity contribution in [2.45, 2.75) is 56.5 Å². The molecule has 312 valence electrons. The summed E-state index contributed by atoms with van der Waals surface area (Å²) in [6.45, 7) is 2.47. The van der Waals surface area contributed by atoms with Crippen LogP contribution >= 0.6 is 23.5 Å². The SMILES string of the molecule is CCOC1OC(=O)C[C@@H]1NC(=O)CN1CCSC[C@H](NC(=O)c2ccccc2)C1=O.O=C(CN1CCSC[C@H](NC(=O)c2ccccc2)C1=O)N[C@H]1CC(=O)OC1O. The smallest absolute Gasteiger partial charge is 0.310 e. The molecular weight excluding hydrogens is 797 g/mol. The molecule has 18 nitrogen and oxygen atoms in total. The van der Waals surface area contributed by atoms with Crippen LogP contribution in [0.3, 0.4) is 0 Å². The molecule has 0 aliphatic carbocycles. The van der Waals surface area contributed by atoms with Crippen molar-refractivity contribution in [3.8, 4) is 0 Å². The van der Waals surface area contributed by atoms with Crippen molar-refractivity contribution in [2.75, 3.05) is 55.8 Å². The second-order valence-corrected chi connectivity index (χ2v) is 15.7. The molecule has 4 aliphatic rings. The summed E-state index contributed by atoms with van der Waals surface area (Å²) in [5, 5.41) is 20.3. The monoisotopic (exact) mass is 842 g/mol. The Hall–Kier alpha value is -5.18. The van der Waals surface area contributed by atoms with Gasteiger partial charge in [-0.25, -0.2) is 0 Å². The van der Waals surface area contributed by atoms with E-state index in [4.69, 9.17) is 9.47 Å². The summed E-state index contributed by atoms with van der Waals surface area (Å²) in [5.74, 6) is -1.14. The van der Waals surface area contributed by atoms with Crippen molar-refractivity contribution in [1.82, 2.24) is 31.1 Å². The molecule has 5 N–H and O–H groups in total. The Morgan fingerprint density at radius 2 is 1.14 bits per heavy atom. The largest absolute Gasteiger partial charge is 0.434 e. The van der Waals surface area contributed by atoms with Crippen LogP contribution in [0.5, 0.6) is 0 Å². The fraction of sp³-hybridized carbons (Fsp3) is 0.474. The van der Waals surface area contributed by atoms with Crippen molar-refractivity contribution in [2.24, 2.45) is 0 Å². The van der Waals surface area contributed by atoms with Crippen LogP contribution in [0.25, 0.3) is 0 Å². The highest BCUT2D eigenvalue weighted by atomic mass is 32.2. The number of benzene rings is 2. The van der Waals surface area contributed by atoms with Gasteiger partial charge in [-0.15, -0.1) is 0 Å². The van der Waals surface area contributed by atoms with E-state index in [-0.39, 0.29) is 49.6 Å². The number of cyclic esters (lactones) is 2. The summed E-state index contributed by atoms with van der Waals surface area (Å²) in [4.78, 5) is 101. The molecular formula is C38H46N6O12S2. The van der Waals surface area contributed by atoms with Gasteiger partial charge in [0.1, 0.15) is 24.2 Å². The molecule has 6 atom stereocenters. The molecule has 2 unspecified atom stereocenters. The van der Waals surface area contributed by atoms with Crippen molar-refractivity contribution in [1.29, 1.82) is 0 Å². The van der Waals surface area contributed by atoms with Gasteiger partial charge in [0.05, 0.1) is 25.9 Å². The van der Waals surface area contributed by atoms with Crippen LogP contribution in [-0.4, -0.2) is 155 Å². The molecule has 0 radical (unpaired) electrons. The highest BCUT2D eigenvalue weighted by Crippen LogP contribution is 2.18. The molecule has 58 heavy (non-hydrogen) atoms. The number of aliphatic hydroxyl groups excluding tert-OH is 1. The number of hydrogen-bond donors (Lipinski definition) is 5. The Kier molecular flexibility index (Phi) is 16.3. The van der Waals surface area contributed by atoms with Crippen LogP contribution in [0.4, 0.5) is 0 Å². The van der Waals surface area contributed by atoms with Crippen molar-refractivity contribution < 1.29 is 57.7 Å². The van der Waals surface area contributed by atoms with E-state index in [1.54, 1.807) is 73.3 Å². The first kappa shape index (κ1) is 43.9. The van der Waals surface area contributed by atoms with E-state index >= 15 is 0 Å². The zero-order chi connectivity index (χ0) is 41.6. The molecule has 4 fully saturated rings. The first-order valence-electron chi connectivity index (χ1n) is 18.6. The quantitative estimate of drug-likeness (QED) is 0.166. The van der Waals surface area contributed by atoms with Crippen molar-refractivity contribution >= 4 is 70.9 Å². The molecule has 0 spiro atoms. The number of amides is 6. The standard InChI is InChI=1S/C20H25N3O6S.C18H21N3O6S/c1-2-28-20-14(10-17(25)29-20)21-16(24)11-23-8-9-30-12-15(19(23)27)22-18(26)13-6-4-3-5-7-13;22-14(19-12-8-15(23)27-18(12)26)9-21-6-7-28-10-13(17(21)25)20-16(24)11-4-2-1-3-5-11/h3-7,14-15,20H,2,8-12H2,1H3,(H,21,24)(H,22,26);1-5,12-13,18,26H,6-10H2,(H,19,22)(H,20,24)/t14-,15-,20?;12-,13-,18?/m00/s1. The van der Waals surface area contributed by atoms with Gasteiger partial charge in [-0.1, -0.05) is 36.4 Å². The maximum absolute atomic E-state index is 12.9. The van der Waals surface area contributed by atoms with E-state index in [9.17, 15) is 43.5 Å². The highest BCUT2D eigenvalue weighted by molar-refractivity contribution is 7.99. The molecule has 2 aromatic carbocycles. The first-order chi connectivity index (χ1) is 27.9. The van der Waals surface area contributed by atoms with Crippen molar-refractivity contribution in [3.63, 3.8) is 0 Å². The molecule has 2 aromatic rings. The topological polar surface area (TPSA) is 239 Å². The average molecular weight is 843 g/mol. The van der Waals surface area contributed by atoms with Crippen LogP contribution in [0.2, 0.25) is 0 Å². The molecule has 0 bridgehead atoms. The van der Waals surface area contributed by atoms with Crippen LogP contribution in [0.15, 0.2) is 60.7 Å². The van der Waals surface area contributed by atoms with Gasteiger partial charge >= 0.3 is 11.9 Å². The lowest BCUT2D eigenvalue weighted by molar-refractivity contribution is -0.164. The maximum atomic E-state index is 12.9. The summed E-state index contributed by atoms with van der Waals surface area (Å²) >= 11 is 3.06. The number of ether oxygens (including phenoxy) is 3. The average Bonchev–Trinajstić information content (AvgIpc) is 3.59. The van der Waals surface area contributed by atoms with Gasteiger partial charge in [-0.2, -0.15) is 23.5 Å². The molecule has 4 aliphatic heterocycles. The van der Waals surface area contributed by atoms with E-state index < -0.39 is 60.5 Å². The van der Waals surface area contributed by atoms with Crippen LogP contribution in [0, 0.1) is 0 Å². The summed E-state index contributed by atoms with van der Waals surface area (Å²) in [5.41, 5.74) is 0.922. The molecule has 0 saturated carbocycles. The number of thioether (sulfide) groups is 2. The molecule has 20 heteroatoms. The van der Waals surface area contributed by atoms with Gasteiger partial charge in [0.25, 0.3) is 11.8 Å². The lowest BCUT2D eigenvalue weighted by atomic mass is 10.2. The third-order valence-corrected chi connectivity index (χ3v) is 11.2. The van der Waals surface area contributed by atoms with Gasteiger partial charge in [0, 0.05) is 53.8 Å². The Bertz CT molecular complexity index is 1810. The number of nitrogens with zero attached hydrogens (tertiary/aromatic N) is 2. The second kappa shape index (κ2) is 21.5. The predicted octanol–water partition coefficient (Wildman–Crippen LogP) is -0.735. The molecule has 6 amide bonds. The molecule has 0 aromatic heterocycles. The number of carbonyl (C=O) groups excluding carboxylic acids is 8. The Labute approximate surface area is 342 Å².